The summed E-state index contributed by atoms with van der Waals surface area (Å²) in [5.74, 6) is 2.89. The Morgan fingerprint density at radius 2 is 1.79 bits per heavy atom. The Labute approximate surface area is 185 Å². The van der Waals surface area contributed by atoms with Crippen LogP contribution in [0.4, 0.5) is 23.2 Å². The first-order chi connectivity index (χ1) is 15.6. The fraction of sp³-hybridized carbons (Fsp3) is 0.0909. The molecule has 0 bridgehead atoms. The van der Waals surface area contributed by atoms with Gasteiger partial charge in [0, 0.05) is 17.3 Å². The minimum atomic E-state index is -4.69. The third-order valence-electron chi connectivity index (χ3n) is 4.46. The van der Waals surface area contributed by atoms with E-state index in [1.165, 1.54) is 31.4 Å². The number of halogens is 4. The van der Waals surface area contributed by atoms with E-state index in [1.807, 2.05) is 0 Å². The van der Waals surface area contributed by atoms with Crippen molar-refractivity contribution >= 4 is 17.4 Å². The highest BCUT2D eigenvalue weighted by Gasteiger charge is 2.32. The molecule has 0 spiro atoms. The lowest BCUT2D eigenvalue weighted by Gasteiger charge is -2.15. The maximum Gasteiger partial charge on any atom is 0.416 e. The zero-order valence-electron chi connectivity index (χ0n) is 17.1. The van der Waals surface area contributed by atoms with Crippen molar-refractivity contribution in [3.63, 3.8) is 0 Å². The zero-order chi connectivity index (χ0) is 24.2. The van der Waals surface area contributed by atoms with Crippen molar-refractivity contribution in [3.8, 4) is 17.2 Å². The number of benzene rings is 3. The number of anilines is 1. The average Bonchev–Trinajstić information content (AvgIpc) is 2.78. The number of nitrogens with two attached hydrogens (primary N) is 1. The summed E-state index contributed by atoms with van der Waals surface area (Å²) in [6, 6.07) is 11.9. The first-order valence-corrected chi connectivity index (χ1v) is 9.32. The highest BCUT2D eigenvalue weighted by molar-refractivity contribution is 6.07. The summed E-state index contributed by atoms with van der Waals surface area (Å²) in [6.45, 7) is 0. The van der Waals surface area contributed by atoms with Gasteiger partial charge in [0.05, 0.1) is 18.2 Å². The molecule has 0 fully saturated rings. The van der Waals surface area contributed by atoms with Crippen molar-refractivity contribution in [2.45, 2.75) is 6.18 Å². The first-order valence-electron chi connectivity index (χ1n) is 9.32. The molecule has 0 aliphatic carbocycles. The van der Waals surface area contributed by atoms with Crippen LogP contribution in [0.1, 0.15) is 21.5 Å². The molecule has 3 aromatic rings. The maximum absolute atomic E-state index is 14.0. The molecule has 5 N–H and O–H groups in total. The number of hydrazine groups is 1. The number of carbonyl (C=O) groups is 1. The van der Waals surface area contributed by atoms with Gasteiger partial charge in [0.15, 0.2) is 11.6 Å². The molecule has 0 heterocycles. The summed E-state index contributed by atoms with van der Waals surface area (Å²) in [5.41, 5.74) is 1.52. The molecule has 33 heavy (non-hydrogen) atoms. The van der Waals surface area contributed by atoms with E-state index in [0.29, 0.717) is 11.6 Å². The molecule has 0 radical (unpaired) electrons. The molecule has 3 rings (SSSR count). The number of methoxy groups -OCH3 is 1. The number of ether oxygens (including phenoxy) is 2. The number of amidine groups is 1. The lowest BCUT2D eigenvalue weighted by atomic mass is 10.1. The SMILES string of the molecule is COc1ccc(Oc2cc(C(F)(F)F)ccc2C(=O)Nc2cccc(C(=N)NN)c2)cc1F. The van der Waals surface area contributed by atoms with Gasteiger partial charge < -0.3 is 20.2 Å². The summed E-state index contributed by atoms with van der Waals surface area (Å²) in [4.78, 5) is 12.8. The first kappa shape index (κ1) is 23.5. The third kappa shape index (κ3) is 5.57. The minimum absolute atomic E-state index is 0.0817. The fourth-order valence-electron chi connectivity index (χ4n) is 2.84. The lowest BCUT2D eigenvalue weighted by molar-refractivity contribution is -0.137. The number of hydrogen-bond donors (Lipinski definition) is 4. The van der Waals surface area contributed by atoms with Gasteiger partial charge in [-0.1, -0.05) is 12.1 Å². The standard InChI is InChI=1S/C22H18F4N4O3/c1-32-18-8-6-15(11-17(18)23)33-19-10-13(22(24,25)26)5-7-16(19)21(31)29-14-4-2-3-12(9-14)20(27)30-28/h2-11H,28H2,1H3,(H2,27,30)(H,29,31). The van der Waals surface area contributed by atoms with Gasteiger partial charge in [-0.15, -0.1) is 0 Å². The van der Waals surface area contributed by atoms with Gasteiger partial charge in [0.1, 0.15) is 17.3 Å². The second kappa shape index (κ2) is 9.57. The molecule has 1 amide bonds. The molecule has 3 aromatic carbocycles. The average molecular weight is 462 g/mol. The third-order valence-corrected chi connectivity index (χ3v) is 4.46. The van der Waals surface area contributed by atoms with Crippen LogP contribution in [-0.2, 0) is 6.18 Å². The Bertz CT molecular complexity index is 1200. The van der Waals surface area contributed by atoms with Crippen molar-refractivity contribution in [1.29, 1.82) is 5.41 Å². The second-order valence-electron chi connectivity index (χ2n) is 6.66. The lowest BCUT2D eigenvalue weighted by Crippen LogP contribution is -2.30. The van der Waals surface area contributed by atoms with Crippen LogP contribution in [0.15, 0.2) is 60.7 Å². The predicted octanol–water partition coefficient (Wildman–Crippen LogP) is 4.69. The van der Waals surface area contributed by atoms with Gasteiger partial charge in [-0.25, -0.2) is 10.2 Å². The van der Waals surface area contributed by atoms with Gasteiger partial charge in [0.25, 0.3) is 5.91 Å². The largest absolute Gasteiger partial charge is 0.494 e. The van der Waals surface area contributed by atoms with Crippen molar-refractivity contribution < 1.29 is 31.8 Å². The van der Waals surface area contributed by atoms with E-state index >= 15 is 0 Å². The molecule has 0 atom stereocenters. The Hall–Kier alpha value is -4.12. The van der Waals surface area contributed by atoms with E-state index in [-0.39, 0.29) is 28.6 Å². The minimum Gasteiger partial charge on any atom is -0.494 e. The highest BCUT2D eigenvalue weighted by atomic mass is 19.4. The zero-order valence-corrected chi connectivity index (χ0v) is 17.1. The Morgan fingerprint density at radius 3 is 2.42 bits per heavy atom. The number of rotatable bonds is 6. The number of nitrogens with one attached hydrogen (secondary N) is 3. The van der Waals surface area contributed by atoms with Crippen LogP contribution in [0, 0.1) is 11.2 Å². The molecule has 0 saturated heterocycles. The number of carbonyl (C=O) groups excluding carboxylic acids is 1. The van der Waals surface area contributed by atoms with Gasteiger partial charge in [-0.2, -0.15) is 13.2 Å². The molecule has 0 aromatic heterocycles. The number of amides is 1. The summed E-state index contributed by atoms with van der Waals surface area (Å²) in [5, 5.41) is 10.2. The topological polar surface area (TPSA) is 109 Å². The normalized spacial score (nSPS) is 11.0. The van der Waals surface area contributed by atoms with E-state index in [0.717, 1.165) is 18.2 Å². The van der Waals surface area contributed by atoms with E-state index in [1.54, 1.807) is 12.1 Å². The van der Waals surface area contributed by atoms with E-state index in [2.05, 4.69) is 10.7 Å². The van der Waals surface area contributed by atoms with E-state index in [9.17, 15) is 22.4 Å². The molecule has 11 heteroatoms. The summed E-state index contributed by atoms with van der Waals surface area (Å²) < 4.78 is 64.0. The molecule has 0 aliphatic rings. The molecule has 0 saturated carbocycles. The molecule has 0 unspecified atom stereocenters. The fourth-order valence-corrected chi connectivity index (χ4v) is 2.84. The van der Waals surface area contributed by atoms with Gasteiger partial charge in [-0.05, 0) is 42.5 Å². The molecular formula is C22H18F4N4O3. The number of hydrogen-bond acceptors (Lipinski definition) is 5. The second-order valence-corrected chi connectivity index (χ2v) is 6.66. The summed E-state index contributed by atoms with van der Waals surface area (Å²) in [7, 11) is 1.26. The quantitative estimate of drug-likeness (QED) is 0.140. The van der Waals surface area contributed by atoms with Crippen LogP contribution in [0.5, 0.6) is 17.2 Å². The Balaban J connectivity index is 1.96. The molecule has 0 aliphatic heterocycles. The van der Waals surface area contributed by atoms with Crippen LogP contribution in [0.25, 0.3) is 0 Å². The van der Waals surface area contributed by atoms with Crippen molar-refractivity contribution in [2.24, 2.45) is 5.84 Å². The van der Waals surface area contributed by atoms with Crippen molar-refractivity contribution in [2.75, 3.05) is 12.4 Å². The van der Waals surface area contributed by atoms with Crippen LogP contribution in [0.3, 0.4) is 0 Å². The predicted molar refractivity (Wildman–Crippen MR) is 113 cm³/mol. The van der Waals surface area contributed by atoms with Crippen LogP contribution in [-0.4, -0.2) is 18.9 Å². The molecule has 7 nitrogen and oxygen atoms in total. The Morgan fingerprint density at radius 1 is 1.03 bits per heavy atom. The monoisotopic (exact) mass is 462 g/mol. The van der Waals surface area contributed by atoms with Crippen LogP contribution in [0.2, 0.25) is 0 Å². The van der Waals surface area contributed by atoms with Gasteiger partial charge >= 0.3 is 6.18 Å². The van der Waals surface area contributed by atoms with Gasteiger partial charge in [-0.3, -0.25) is 10.2 Å². The summed E-state index contributed by atoms with van der Waals surface area (Å²) in [6.07, 6.45) is -4.69. The van der Waals surface area contributed by atoms with E-state index in [4.69, 9.17) is 20.7 Å². The highest BCUT2D eigenvalue weighted by Crippen LogP contribution is 2.36. The maximum atomic E-state index is 14.0. The van der Waals surface area contributed by atoms with Crippen molar-refractivity contribution in [3.05, 3.63) is 83.2 Å². The van der Waals surface area contributed by atoms with Crippen LogP contribution >= 0.6 is 0 Å². The molecular weight excluding hydrogens is 444 g/mol. The Kier molecular flexibility index (Phi) is 6.83. The smallest absolute Gasteiger partial charge is 0.416 e. The van der Waals surface area contributed by atoms with Crippen LogP contribution < -0.4 is 26.1 Å². The van der Waals surface area contributed by atoms with Crippen molar-refractivity contribution in [1.82, 2.24) is 5.43 Å². The van der Waals surface area contributed by atoms with E-state index < -0.39 is 29.2 Å². The number of alkyl halides is 3. The molecule has 172 valence electrons. The van der Waals surface area contributed by atoms with Gasteiger partial charge in [0.2, 0.25) is 0 Å². The summed E-state index contributed by atoms with van der Waals surface area (Å²) >= 11 is 0.